The highest BCUT2D eigenvalue weighted by atomic mass is 32.1. The zero-order valence-corrected chi connectivity index (χ0v) is 32.0. The molecule has 2 amide bonds. The van der Waals surface area contributed by atoms with Crippen molar-refractivity contribution in [3.05, 3.63) is 149 Å². The maximum Gasteiger partial charge on any atom is 0.255 e. The third-order valence-electron chi connectivity index (χ3n) is 8.83. The Labute approximate surface area is 325 Å². The summed E-state index contributed by atoms with van der Waals surface area (Å²) in [7, 11) is 1.61. The fourth-order valence-electron chi connectivity index (χ4n) is 5.90. The van der Waals surface area contributed by atoms with E-state index in [1.165, 1.54) is 27.7 Å². The van der Waals surface area contributed by atoms with E-state index >= 15 is 0 Å². The number of benzene rings is 6. The van der Waals surface area contributed by atoms with Crippen LogP contribution < -0.4 is 15.4 Å². The molecule has 0 saturated carbocycles. The topological polar surface area (TPSA) is 134 Å². The third-order valence-corrected chi connectivity index (χ3v) is 11.0. The van der Waals surface area contributed by atoms with E-state index in [1.807, 2.05) is 61.5 Å². The van der Waals surface area contributed by atoms with Crippen molar-refractivity contribution in [3.63, 3.8) is 0 Å². The number of aromatic hydroxyl groups is 2. The summed E-state index contributed by atoms with van der Waals surface area (Å²) in [5, 5.41) is 26.7. The van der Waals surface area contributed by atoms with Gasteiger partial charge in [0.25, 0.3) is 11.8 Å². The van der Waals surface area contributed by atoms with E-state index in [-0.39, 0.29) is 23.3 Å². The Balaban J connectivity index is 0.000000169. The van der Waals surface area contributed by atoms with Gasteiger partial charge in [-0.25, -0.2) is 9.97 Å². The first-order chi connectivity index (χ1) is 26.5. The number of phenols is 2. The van der Waals surface area contributed by atoms with Crippen molar-refractivity contribution >= 4 is 66.3 Å². The summed E-state index contributed by atoms with van der Waals surface area (Å²) in [5.74, 6) is 0.737. The Morgan fingerprint density at radius 3 is 1.56 bits per heavy atom. The zero-order valence-electron chi connectivity index (χ0n) is 30.4. The summed E-state index contributed by atoms with van der Waals surface area (Å²) in [6.07, 6.45) is 0. The van der Waals surface area contributed by atoms with Crippen LogP contribution in [0.5, 0.6) is 17.2 Å². The fraction of sp³-hybridized carbons (Fsp3) is 0.0909. The van der Waals surface area contributed by atoms with Gasteiger partial charge in [-0.1, -0.05) is 6.07 Å². The number of thiazole rings is 2. The summed E-state index contributed by atoms with van der Waals surface area (Å²) in [6, 6.07) is 36.7. The number of ether oxygens (including phenoxy) is 1. The Morgan fingerprint density at radius 1 is 0.564 bits per heavy atom. The normalized spacial score (nSPS) is 10.8. The number of nitrogens with zero attached hydrogens (tertiary/aromatic N) is 2. The molecule has 0 aliphatic carbocycles. The quantitative estimate of drug-likeness (QED) is 0.127. The molecule has 11 heteroatoms. The maximum absolute atomic E-state index is 12.6. The second kappa shape index (κ2) is 15.8. The van der Waals surface area contributed by atoms with E-state index in [4.69, 9.17) is 9.72 Å². The van der Waals surface area contributed by atoms with Gasteiger partial charge in [-0.05, 0) is 153 Å². The van der Waals surface area contributed by atoms with Gasteiger partial charge in [0.05, 0.1) is 27.5 Å². The molecular weight excluding hydrogens is 729 g/mol. The van der Waals surface area contributed by atoms with Gasteiger partial charge in [0, 0.05) is 33.6 Å². The molecule has 0 spiro atoms. The molecule has 9 nitrogen and oxygen atoms in total. The van der Waals surface area contributed by atoms with Gasteiger partial charge in [-0.2, -0.15) is 0 Å². The standard InChI is InChI=1S/C23H20N2O2S.C21H16N2O3S/c1-14-4-11-20-21(12-14)28-23(25-20)16-5-7-17(8-6-16)24-22(26)19-10-9-18(27-3)13-15(19)2;1-12-10-15(24)6-8-17(12)20(26)22-14-4-2-13(3-5-14)21-23-18-9-7-16(25)11-19(18)27-21/h4-13H,1-3H3,(H,24,26);2-11,24-25H,1H3,(H,22,26). The summed E-state index contributed by atoms with van der Waals surface area (Å²) in [4.78, 5) is 34.3. The Kier molecular flexibility index (Phi) is 10.6. The first kappa shape index (κ1) is 36.8. The number of methoxy groups -OCH3 is 1. The predicted molar refractivity (Wildman–Crippen MR) is 223 cm³/mol. The molecule has 0 unspecified atom stereocenters. The monoisotopic (exact) mass is 764 g/mol. The highest BCUT2D eigenvalue weighted by Crippen LogP contribution is 2.33. The highest BCUT2D eigenvalue weighted by Gasteiger charge is 2.13. The van der Waals surface area contributed by atoms with Gasteiger partial charge in [0.1, 0.15) is 27.3 Å². The number of fused-ring (bicyclic) bond motifs is 2. The van der Waals surface area contributed by atoms with E-state index in [0.717, 1.165) is 53.9 Å². The number of aryl methyl sites for hydroxylation is 3. The molecular formula is C44H36N4O5S2. The van der Waals surface area contributed by atoms with Gasteiger partial charge in [0.15, 0.2) is 0 Å². The number of nitrogens with one attached hydrogen (secondary N) is 2. The number of hydrogen-bond acceptors (Lipinski definition) is 9. The van der Waals surface area contributed by atoms with Gasteiger partial charge in [-0.15, -0.1) is 22.7 Å². The molecule has 0 fully saturated rings. The van der Waals surface area contributed by atoms with E-state index < -0.39 is 0 Å². The Bertz CT molecular complexity index is 2690. The molecule has 8 rings (SSSR count). The highest BCUT2D eigenvalue weighted by molar-refractivity contribution is 7.22. The average Bonchev–Trinajstić information content (AvgIpc) is 3.79. The minimum Gasteiger partial charge on any atom is -0.508 e. The van der Waals surface area contributed by atoms with Crippen LogP contribution in [0.15, 0.2) is 121 Å². The molecule has 0 aliphatic rings. The number of rotatable bonds is 7. The average molecular weight is 765 g/mol. The molecule has 0 aliphatic heterocycles. The van der Waals surface area contributed by atoms with Crippen molar-refractivity contribution in [2.24, 2.45) is 0 Å². The lowest BCUT2D eigenvalue weighted by Crippen LogP contribution is -2.13. The van der Waals surface area contributed by atoms with Crippen LogP contribution in [0.25, 0.3) is 41.6 Å². The summed E-state index contributed by atoms with van der Waals surface area (Å²) >= 11 is 3.18. The lowest BCUT2D eigenvalue weighted by Gasteiger charge is -2.09. The van der Waals surface area contributed by atoms with Crippen molar-refractivity contribution in [1.82, 2.24) is 9.97 Å². The van der Waals surface area contributed by atoms with Crippen LogP contribution in [-0.2, 0) is 0 Å². The number of hydrogen-bond donors (Lipinski definition) is 4. The number of carbonyl (C=O) groups is 2. The third kappa shape index (κ3) is 8.49. The largest absolute Gasteiger partial charge is 0.508 e. The van der Waals surface area contributed by atoms with Crippen molar-refractivity contribution in [2.75, 3.05) is 17.7 Å². The van der Waals surface area contributed by atoms with E-state index in [2.05, 4.69) is 40.7 Å². The second-order valence-electron chi connectivity index (χ2n) is 12.9. The van der Waals surface area contributed by atoms with Crippen LogP contribution in [0.1, 0.15) is 37.4 Å². The first-order valence-electron chi connectivity index (χ1n) is 17.3. The summed E-state index contributed by atoms with van der Waals surface area (Å²) in [5.41, 5.74) is 9.22. The minimum absolute atomic E-state index is 0.136. The van der Waals surface area contributed by atoms with Crippen LogP contribution in [0, 0.1) is 20.8 Å². The number of amides is 2. The first-order valence-corrected chi connectivity index (χ1v) is 18.9. The second-order valence-corrected chi connectivity index (χ2v) is 15.0. The molecule has 274 valence electrons. The van der Waals surface area contributed by atoms with Crippen LogP contribution in [0.2, 0.25) is 0 Å². The van der Waals surface area contributed by atoms with Crippen LogP contribution in [0.4, 0.5) is 11.4 Å². The fourth-order valence-corrected chi connectivity index (χ4v) is 7.98. The molecule has 55 heavy (non-hydrogen) atoms. The van der Waals surface area contributed by atoms with Gasteiger partial charge in [-0.3, -0.25) is 9.59 Å². The molecule has 0 radical (unpaired) electrons. The van der Waals surface area contributed by atoms with Crippen LogP contribution in [-0.4, -0.2) is 39.1 Å². The summed E-state index contributed by atoms with van der Waals surface area (Å²) in [6.45, 7) is 5.76. The SMILES string of the molecule is COc1ccc(C(=O)Nc2ccc(-c3nc4ccc(C)cc4s3)cc2)c(C)c1.Cc1cc(O)ccc1C(=O)Nc1ccc(-c2nc3ccc(O)cc3s2)cc1. The Morgan fingerprint density at radius 2 is 1.04 bits per heavy atom. The molecule has 2 aromatic heterocycles. The Hall–Kier alpha value is -6.56. The minimum atomic E-state index is -0.226. The lowest BCUT2D eigenvalue weighted by molar-refractivity contribution is 0.101. The van der Waals surface area contributed by atoms with Crippen molar-refractivity contribution in [1.29, 1.82) is 0 Å². The molecule has 2 heterocycles. The smallest absolute Gasteiger partial charge is 0.255 e. The van der Waals surface area contributed by atoms with Crippen LogP contribution >= 0.6 is 22.7 Å². The predicted octanol–water partition coefficient (Wildman–Crippen LogP) is 10.8. The molecule has 4 N–H and O–H groups in total. The van der Waals surface area contributed by atoms with E-state index in [9.17, 15) is 19.8 Å². The van der Waals surface area contributed by atoms with Gasteiger partial charge < -0.3 is 25.6 Å². The van der Waals surface area contributed by atoms with E-state index in [0.29, 0.717) is 22.4 Å². The number of aromatic nitrogens is 2. The van der Waals surface area contributed by atoms with Crippen molar-refractivity contribution in [3.8, 4) is 38.4 Å². The van der Waals surface area contributed by atoms with Crippen molar-refractivity contribution in [2.45, 2.75) is 20.8 Å². The van der Waals surface area contributed by atoms with E-state index in [1.54, 1.807) is 67.8 Å². The maximum atomic E-state index is 12.6. The van der Waals surface area contributed by atoms with Crippen LogP contribution in [0.3, 0.4) is 0 Å². The zero-order chi connectivity index (χ0) is 38.6. The molecule has 0 bridgehead atoms. The molecule has 8 aromatic rings. The molecule has 0 saturated heterocycles. The number of carbonyl (C=O) groups excluding carboxylic acids is 2. The number of phenolic OH excluding ortho intramolecular Hbond substituents is 2. The molecule has 6 aromatic carbocycles. The summed E-state index contributed by atoms with van der Waals surface area (Å²) < 4.78 is 7.30. The van der Waals surface area contributed by atoms with Crippen molar-refractivity contribution < 1.29 is 24.5 Å². The van der Waals surface area contributed by atoms with Gasteiger partial charge >= 0.3 is 0 Å². The van der Waals surface area contributed by atoms with Gasteiger partial charge in [0.2, 0.25) is 0 Å². The molecule has 0 atom stereocenters. The lowest BCUT2D eigenvalue weighted by atomic mass is 10.1. The number of anilines is 2.